The fraction of sp³-hybridized carbons (Fsp3) is 0.500. The smallest absolute Gasteiger partial charge is 0.226 e. The first-order chi connectivity index (χ1) is 13.1. The Morgan fingerprint density at radius 2 is 1.85 bits per heavy atom. The molecule has 1 heterocycles. The molecule has 2 aromatic rings. The molecule has 0 bridgehead atoms. The third-order valence-corrected chi connectivity index (χ3v) is 5.95. The van der Waals surface area contributed by atoms with Crippen molar-refractivity contribution < 1.29 is 9.59 Å². The van der Waals surface area contributed by atoms with Gasteiger partial charge in [0, 0.05) is 31.5 Å². The maximum atomic E-state index is 12.2. The number of aromatic nitrogens is 2. The Kier molecular flexibility index (Phi) is 6.92. The Hall–Kier alpha value is -2.28. The zero-order chi connectivity index (χ0) is 19.1. The van der Waals surface area contributed by atoms with Crippen LogP contribution >= 0.6 is 11.3 Å². The monoisotopic (exact) mass is 386 g/mol. The summed E-state index contributed by atoms with van der Waals surface area (Å²) < 4.78 is 0. The molecule has 0 spiro atoms. The molecule has 0 radical (unpaired) electrons. The van der Waals surface area contributed by atoms with Crippen molar-refractivity contribution in [3.05, 3.63) is 35.3 Å². The Morgan fingerprint density at radius 1 is 1.11 bits per heavy atom. The standard InChI is InChI=1S/C20H26N4O2S/c1-24(16-11-6-3-7-12-16)18(26)14-8-13-17(25)21-20-23-22-19(27-20)15-9-4-2-5-10-15/h3,6-7,11-12,15H,2,4-5,8-10,13-14H2,1H3,(H,21,23,25). The van der Waals surface area contributed by atoms with E-state index >= 15 is 0 Å². The number of anilines is 2. The molecule has 1 aliphatic rings. The van der Waals surface area contributed by atoms with Gasteiger partial charge >= 0.3 is 0 Å². The van der Waals surface area contributed by atoms with Gasteiger partial charge in [0.1, 0.15) is 5.01 Å². The third kappa shape index (κ3) is 5.60. The number of carbonyl (C=O) groups is 2. The van der Waals surface area contributed by atoms with Crippen LogP contribution in [0.25, 0.3) is 0 Å². The fourth-order valence-electron chi connectivity index (χ4n) is 3.34. The van der Waals surface area contributed by atoms with Crippen LogP contribution in [0.1, 0.15) is 62.3 Å². The van der Waals surface area contributed by atoms with E-state index in [0.29, 0.717) is 30.3 Å². The van der Waals surface area contributed by atoms with Crippen LogP contribution in [0, 0.1) is 0 Å². The maximum absolute atomic E-state index is 12.2. The lowest BCUT2D eigenvalue weighted by molar-refractivity contribution is -0.118. The molecule has 27 heavy (non-hydrogen) atoms. The summed E-state index contributed by atoms with van der Waals surface area (Å²) in [7, 11) is 1.76. The fourth-order valence-corrected chi connectivity index (χ4v) is 4.27. The Labute approximate surface area is 164 Å². The van der Waals surface area contributed by atoms with Gasteiger partial charge in [-0.3, -0.25) is 9.59 Å². The summed E-state index contributed by atoms with van der Waals surface area (Å²) in [6.45, 7) is 0. The van der Waals surface area contributed by atoms with Gasteiger partial charge in [-0.15, -0.1) is 10.2 Å². The van der Waals surface area contributed by atoms with Gasteiger partial charge in [0.25, 0.3) is 0 Å². The van der Waals surface area contributed by atoms with E-state index in [0.717, 1.165) is 10.7 Å². The molecule has 6 nitrogen and oxygen atoms in total. The number of nitrogens with zero attached hydrogens (tertiary/aromatic N) is 3. The number of hydrogen-bond donors (Lipinski definition) is 1. The number of amides is 2. The Balaban J connectivity index is 1.41. The van der Waals surface area contributed by atoms with Crippen LogP contribution in [0.4, 0.5) is 10.8 Å². The molecule has 1 aromatic heterocycles. The molecule has 0 unspecified atom stereocenters. The van der Waals surface area contributed by atoms with Crippen molar-refractivity contribution >= 4 is 34.0 Å². The van der Waals surface area contributed by atoms with Crippen molar-refractivity contribution in [3.63, 3.8) is 0 Å². The summed E-state index contributed by atoms with van der Waals surface area (Å²) >= 11 is 1.48. The Bertz CT molecular complexity index is 756. The lowest BCUT2D eigenvalue weighted by Crippen LogP contribution is -2.26. The first kappa shape index (κ1) is 19.5. The summed E-state index contributed by atoms with van der Waals surface area (Å²) in [5.74, 6) is 0.383. The van der Waals surface area contributed by atoms with Gasteiger partial charge in [-0.1, -0.05) is 48.8 Å². The van der Waals surface area contributed by atoms with E-state index in [2.05, 4.69) is 15.5 Å². The summed E-state index contributed by atoms with van der Waals surface area (Å²) in [4.78, 5) is 26.0. The van der Waals surface area contributed by atoms with Crippen molar-refractivity contribution in [1.82, 2.24) is 10.2 Å². The van der Waals surface area contributed by atoms with Crippen molar-refractivity contribution in [2.45, 2.75) is 57.3 Å². The maximum Gasteiger partial charge on any atom is 0.226 e. The average molecular weight is 387 g/mol. The van der Waals surface area contributed by atoms with E-state index < -0.39 is 0 Å². The van der Waals surface area contributed by atoms with Gasteiger partial charge in [0.05, 0.1) is 0 Å². The second-order valence-corrected chi connectivity index (χ2v) is 7.98. The average Bonchev–Trinajstić information content (AvgIpc) is 3.17. The second-order valence-electron chi connectivity index (χ2n) is 6.97. The van der Waals surface area contributed by atoms with E-state index in [4.69, 9.17) is 0 Å². The molecule has 144 valence electrons. The van der Waals surface area contributed by atoms with E-state index in [1.165, 1.54) is 43.4 Å². The minimum Gasteiger partial charge on any atom is -0.316 e. The second kappa shape index (κ2) is 9.60. The quantitative estimate of drug-likeness (QED) is 0.767. The van der Waals surface area contributed by atoms with Crippen LogP contribution in [-0.2, 0) is 9.59 Å². The highest BCUT2D eigenvalue weighted by molar-refractivity contribution is 7.15. The number of para-hydroxylation sites is 1. The zero-order valence-electron chi connectivity index (χ0n) is 15.7. The SMILES string of the molecule is CN(C(=O)CCCC(=O)Nc1nnc(C2CCCCC2)s1)c1ccccc1. The predicted octanol–water partition coefficient (Wildman–Crippen LogP) is 4.36. The van der Waals surface area contributed by atoms with Crippen molar-refractivity contribution in [3.8, 4) is 0 Å². The summed E-state index contributed by atoms with van der Waals surface area (Å²) in [6, 6.07) is 9.50. The molecule has 1 saturated carbocycles. The van der Waals surface area contributed by atoms with E-state index in [9.17, 15) is 9.59 Å². The molecule has 1 aromatic carbocycles. The van der Waals surface area contributed by atoms with Gasteiger partial charge < -0.3 is 10.2 Å². The van der Waals surface area contributed by atoms with Crippen LogP contribution < -0.4 is 10.2 Å². The molecule has 1 fully saturated rings. The number of nitrogens with one attached hydrogen (secondary N) is 1. The predicted molar refractivity (Wildman–Crippen MR) is 108 cm³/mol. The molecule has 1 N–H and O–H groups in total. The number of hydrogen-bond acceptors (Lipinski definition) is 5. The van der Waals surface area contributed by atoms with Gasteiger partial charge in [-0.2, -0.15) is 0 Å². The van der Waals surface area contributed by atoms with Gasteiger partial charge in [-0.05, 0) is 31.4 Å². The van der Waals surface area contributed by atoms with Crippen molar-refractivity contribution in [2.75, 3.05) is 17.3 Å². The molecular weight excluding hydrogens is 360 g/mol. The number of rotatable bonds is 7. The van der Waals surface area contributed by atoms with Crippen molar-refractivity contribution in [1.29, 1.82) is 0 Å². The van der Waals surface area contributed by atoms with Crippen LogP contribution in [0.5, 0.6) is 0 Å². The summed E-state index contributed by atoms with van der Waals surface area (Å²) in [5, 5.41) is 12.8. The summed E-state index contributed by atoms with van der Waals surface area (Å²) in [5.41, 5.74) is 0.857. The number of benzene rings is 1. The molecule has 2 amide bonds. The first-order valence-corrected chi connectivity index (χ1v) is 10.4. The Morgan fingerprint density at radius 3 is 2.59 bits per heavy atom. The molecular formula is C20H26N4O2S. The lowest BCUT2D eigenvalue weighted by atomic mass is 9.90. The van der Waals surface area contributed by atoms with Crippen LogP contribution in [0.2, 0.25) is 0 Å². The topological polar surface area (TPSA) is 75.2 Å². The minimum absolute atomic E-state index is 0.00417. The van der Waals surface area contributed by atoms with Gasteiger partial charge in [-0.25, -0.2) is 0 Å². The van der Waals surface area contributed by atoms with Crippen LogP contribution in [0.15, 0.2) is 30.3 Å². The van der Waals surface area contributed by atoms with E-state index in [1.54, 1.807) is 11.9 Å². The van der Waals surface area contributed by atoms with Crippen molar-refractivity contribution in [2.24, 2.45) is 0 Å². The van der Waals surface area contributed by atoms with Gasteiger partial charge in [0.15, 0.2) is 0 Å². The first-order valence-electron chi connectivity index (χ1n) is 9.58. The minimum atomic E-state index is -0.114. The van der Waals surface area contributed by atoms with E-state index in [1.807, 2.05) is 30.3 Å². The van der Waals surface area contributed by atoms with Crippen LogP contribution in [-0.4, -0.2) is 29.1 Å². The highest BCUT2D eigenvalue weighted by Gasteiger charge is 2.20. The molecule has 3 rings (SSSR count). The van der Waals surface area contributed by atoms with Gasteiger partial charge in [0.2, 0.25) is 16.9 Å². The lowest BCUT2D eigenvalue weighted by Gasteiger charge is -2.18. The number of carbonyl (C=O) groups excluding carboxylic acids is 2. The molecule has 7 heteroatoms. The molecule has 0 saturated heterocycles. The molecule has 0 atom stereocenters. The zero-order valence-corrected chi connectivity index (χ0v) is 16.5. The highest BCUT2D eigenvalue weighted by Crippen LogP contribution is 2.35. The highest BCUT2D eigenvalue weighted by atomic mass is 32.1. The molecule has 1 aliphatic carbocycles. The summed E-state index contributed by atoms with van der Waals surface area (Å²) in [6.07, 6.45) is 7.27. The largest absolute Gasteiger partial charge is 0.316 e. The normalized spacial score (nSPS) is 14.7. The third-order valence-electron chi connectivity index (χ3n) is 4.95. The molecule has 0 aliphatic heterocycles. The van der Waals surface area contributed by atoms with E-state index in [-0.39, 0.29) is 11.8 Å². The van der Waals surface area contributed by atoms with Crippen LogP contribution in [0.3, 0.4) is 0 Å².